The van der Waals surface area contributed by atoms with Crippen molar-refractivity contribution in [1.29, 1.82) is 0 Å². The highest BCUT2D eigenvalue weighted by molar-refractivity contribution is 9.09. The molecule has 2 nitrogen and oxygen atoms in total. The number of ether oxygens (including phenoxy) is 2. The topological polar surface area (TPSA) is 18.5 Å². The van der Waals surface area contributed by atoms with Gasteiger partial charge in [0.2, 0.25) is 0 Å². The van der Waals surface area contributed by atoms with Gasteiger partial charge in [0.25, 0.3) is 0 Å². The fourth-order valence-electron chi connectivity index (χ4n) is 2.21. The molecule has 0 aromatic heterocycles. The van der Waals surface area contributed by atoms with Crippen LogP contribution in [0.25, 0.3) is 0 Å². The Hall–Kier alpha value is -1.23. The highest BCUT2D eigenvalue weighted by atomic mass is 79.9. The molecule has 0 saturated carbocycles. The Morgan fingerprint density at radius 2 is 1.22 bits per heavy atom. The summed E-state index contributed by atoms with van der Waals surface area (Å²) in [6.07, 6.45) is 0.358. The molecule has 4 heteroatoms. The predicted octanol–water partition coefficient (Wildman–Crippen LogP) is 4.91. The molecule has 0 bridgehead atoms. The van der Waals surface area contributed by atoms with Crippen LogP contribution in [0, 0.1) is 0 Å². The molecule has 0 unspecified atom stereocenters. The Morgan fingerprint density at radius 1 is 0.783 bits per heavy atom. The molecule has 23 heavy (non-hydrogen) atoms. The van der Waals surface area contributed by atoms with E-state index >= 15 is 0 Å². The summed E-state index contributed by atoms with van der Waals surface area (Å²) < 4.78 is 26.0. The zero-order valence-corrected chi connectivity index (χ0v) is 14.7. The Morgan fingerprint density at radius 3 is 1.61 bits per heavy atom. The number of benzene rings is 2. The SMILES string of the molecule is FC(CCBr)(COCc1ccccc1)COCc1ccccc1. The Labute approximate surface area is 145 Å². The maximum Gasteiger partial charge on any atom is 0.158 e. The van der Waals surface area contributed by atoms with Crippen LogP contribution in [-0.4, -0.2) is 24.2 Å². The van der Waals surface area contributed by atoms with Crippen LogP contribution in [0.3, 0.4) is 0 Å². The van der Waals surface area contributed by atoms with Gasteiger partial charge in [-0.2, -0.15) is 0 Å². The van der Waals surface area contributed by atoms with Gasteiger partial charge in [0.05, 0.1) is 26.4 Å². The van der Waals surface area contributed by atoms with E-state index in [2.05, 4.69) is 15.9 Å². The molecular formula is C19H22BrFO2. The van der Waals surface area contributed by atoms with E-state index in [1.807, 2.05) is 60.7 Å². The van der Waals surface area contributed by atoms with Gasteiger partial charge in [0.15, 0.2) is 5.67 Å². The van der Waals surface area contributed by atoms with Crippen molar-refractivity contribution in [2.75, 3.05) is 18.5 Å². The molecule has 0 spiro atoms. The maximum atomic E-state index is 14.9. The third kappa shape index (κ3) is 6.81. The summed E-state index contributed by atoms with van der Waals surface area (Å²) in [6, 6.07) is 19.6. The normalized spacial score (nSPS) is 11.6. The highest BCUT2D eigenvalue weighted by Crippen LogP contribution is 2.20. The van der Waals surface area contributed by atoms with Gasteiger partial charge in [-0.3, -0.25) is 0 Å². The smallest absolute Gasteiger partial charge is 0.158 e. The largest absolute Gasteiger partial charge is 0.373 e. The third-order valence-electron chi connectivity index (χ3n) is 3.49. The standard InChI is InChI=1S/C19H22BrFO2/c20-12-11-19(21,15-22-13-17-7-3-1-4-8-17)16-23-14-18-9-5-2-6-10-18/h1-10H,11-16H2. The van der Waals surface area contributed by atoms with Gasteiger partial charge in [0, 0.05) is 5.33 Å². The first-order valence-corrected chi connectivity index (χ1v) is 8.82. The van der Waals surface area contributed by atoms with Gasteiger partial charge < -0.3 is 9.47 Å². The second-order valence-electron chi connectivity index (χ2n) is 5.55. The van der Waals surface area contributed by atoms with E-state index in [0.29, 0.717) is 25.0 Å². The molecule has 0 amide bonds. The monoisotopic (exact) mass is 380 g/mol. The average Bonchev–Trinajstić information content (AvgIpc) is 2.57. The van der Waals surface area contributed by atoms with Crippen molar-refractivity contribution in [2.45, 2.75) is 25.3 Å². The fraction of sp³-hybridized carbons (Fsp3) is 0.368. The van der Waals surface area contributed by atoms with Crippen molar-refractivity contribution in [3.05, 3.63) is 71.8 Å². The number of rotatable bonds is 10. The van der Waals surface area contributed by atoms with Crippen LogP contribution in [0.2, 0.25) is 0 Å². The first-order chi connectivity index (χ1) is 11.2. The summed E-state index contributed by atoms with van der Waals surface area (Å²) in [4.78, 5) is 0. The molecule has 2 rings (SSSR count). The van der Waals surface area contributed by atoms with Crippen molar-refractivity contribution in [3.63, 3.8) is 0 Å². The predicted molar refractivity (Wildman–Crippen MR) is 94.4 cm³/mol. The lowest BCUT2D eigenvalue weighted by atomic mass is 10.1. The molecule has 0 aliphatic rings. The lowest BCUT2D eigenvalue weighted by Crippen LogP contribution is -2.35. The summed E-state index contributed by atoms with van der Waals surface area (Å²) in [5, 5.41) is 0.576. The molecular weight excluding hydrogens is 359 g/mol. The molecule has 0 atom stereocenters. The minimum absolute atomic E-state index is 0.0300. The molecule has 0 fully saturated rings. The minimum atomic E-state index is -1.48. The van der Waals surface area contributed by atoms with E-state index in [4.69, 9.17) is 9.47 Å². The van der Waals surface area contributed by atoms with Crippen molar-refractivity contribution >= 4 is 15.9 Å². The first-order valence-electron chi connectivity index (χ1n) is 7.70. The number of halogens is 2. The lowest BCUT2D eigenvalue weighted by Gasteiger charge is -2.24. The molecule has 124 valence electrons. The van der Waals surface area contributed by atoms with Crippen molar-refractivity contribution in [1.82, 2.24) is 0 Å². The zero-order valence-electron chi connectivity index (χ0n) is 13.1. The van der Waals surface area contributed by atoms with Gasteiger partial charge in [-0.25, -0.2) is 4.39 Å². The molecule has 0 aliphatic carbocycles. The Bertz CT molecular complexity index is 502. The summed E-state index contributed by atoms with van der Waals surface area (Å²) >= 11 is 3.31. The van der Waals surface area contributed by atoms with E-state index < -0.39 is 5.67 Å². The molecule has 0 heterocycles. The molecule has 0 saturated heterocycles. The van der Waals surface area contributed by atoms with Crippen LogP contribution in [0.15, 0.2) is 60.7 Å². The van der Waals surface area contributed by atoms with Crippen molar-refractivity contribution < 1.29 is 13.9 Å². The van der Waals surface area contributed by atoms with Crippen LogP contribution in [0.4, 0.5) is 4.39 Å². The van der Waals surface area contributed by atoms with Gasteiger partial charge >= 0.3 is 0 Å². The van der Waals surface area contributed by atoms with E-state index in [0.717, 1.165) is 11.1 Å². The summed E-state index contributed by atoms with van der Waals surface area (Å²) in [6.45, 7) is 0.880. The summed E-state index contributed by atoms with van der Waals surface area (Å²) in [5.74, 6) is 0. The van der Waals surface area contributed by atoms with Gasteiger partial charge in [-0.05, 0) is 17.5 Å². The second kappa shape index (κ2) is 9.81. The van der Waals surface area contributed by atoms with Crippen molar-refractivity contribution in [2.24, 2.45) is 0 Å². The van der Waals surface area contributed by atoms with Crippen molar-refractivity contribution in [3.8, 4) is 0 Å². The number of hydrogen-bond acceptors (Lipinski definition) is 2. The quantitative estimate of drug-likeness (QED) is 0.545. The van der Waals surface area contributed by atoms with Gasteiger partial charge in [0.1, 0.15) is 0 Å². The highest BCUT2D eigenvalue weighted by Gasteiger charge is 2.30. The molecule has 2 aromatic rings. The first kappa shape index (κ1) is 18.1. The summed E-state index contributed by atoms with van der Waals surface area (Å²) in [5.41, 5.74) is 0.602. The van der Waals surface area contributed by atoms with Crippen LogP contribution in [-0.2, 0) is 22.7 Å². The number of hydrogen-bond donors (Lipinski definition) is 0. The lowest BCUT2D eigenvalue weighted by molar-refractivity contribution is -0.0544. The molecule has 0 radical (unpaired) electrons. The van der Waals surface area contributed by atoms with Crippen LogP contribution < -0.4 is 0 Å². The van der Waals surface area contributed by atoms with Crippen LogP contribution in [0.5, 0.6) is 0 Å². The molecule has 2 aromatic carbocycles. The Balaban J connectivity index is 1.78. The second-order valence-corrected chi connectivity index (χ2v) is 6.34. The fourth-order valence-corrected chi connectivity index (χ4v) is 2.92. The zero-order chi connectivity index (χ0) is 16.4. The average molecular weight is 381 g/mol. The van der Waals surface area contributed by atoms with Gasteiger partial charge in [-0.1, -0.05) is 76.6 Å². The maximum absolute atomic E-state index is 14.9. The van der Waals surface area contributed by atoms with E-state index in [-0.39, 0.29) is 13.2 Å². The van der Waals surface area contributed by atoms with Crippen LogP contribution in [0.1, 0.15) is 17.5 Å². The molecule has 0 N–H and O–H groups in total. The Kier molecular flexibility index (Phi) is 7.72. The van der Waals surface area contributed by atoms with E-state index in [1.165, 1.54) is 0 Å². The van der Waals surface area contributed by atoms with E-state index in [9.17, 15) is 4.39 Å². The minimum Gasteiger partial charge on any atom is -0.373 e. The number of alkyl halides is 2. The molecule has 0 aliphatic heterocycles. The van der Waals surface area contributed by atoms with E-state index in [1.54, 1.807) is 0 Å². The van der Waals surface area contributed by atoms with Gasteiger partial charge in [-0.15, -0.1) is 0 Å². The van der Waals surface area contributed by atoms with Crippen LogP contribution >= 0.6 is 15.9 Å². The third-order valence-corrected chi connectivity index (χ3v) is 3.88. The summed E-state index contributed by atoms with van der Waals surface area (Å²) in [7, 11) is 0.